The van der Waals surface area contributed by atoms with Crippen molar-refractivity contribution in [3.63, 3.8) is 0 Å². The molecule has 0 aliphatic carbocycles. The van der Waals surface area contributed by atoms with Crippen molar-refractivity contribution in [3.8, 4) is 0 Å². The van der Waals surface area contributed by atoms with Crippen LogP contribution in [-0.4, -0.2) is 74.4 Å². The summed E-state index contributed by atoms with van der Waals surface area (Å²) in [5.74, 6) is 3.55. The van der Waals surface area contributed by atoms with Crippen LogP contribution in [0.3, 0.4) is 0 Å². The molecule has 0 bridgehead atoms. The molecular weight excluding hydrogens is 314 g/mol. The molecule has 0 spiro atoms. The summed E-state index contributed by atoms with van der Waals surface area (Å²) in [5.41, 5.74) is 0. The first-order valence-electron chi connectivity index (χ1n) is 9.78. The Bertz CT molecular complexity index is 575. The monoisotopic (exact) mass is 345 g/mol. The van der Waals surface area contributed by atoms with Crippen molar-refractivity contribution in [1.82, 2.24) is 14.9 Å². The van der Waals surface area contributed by atoms with Gasteiger partial charge >= 0.3 is 0 Å². The SMILES string of the molecule is CN(C)c1ccnc(N2CCC3CCN(CC4CCOCC4)C3C2)n1. The van der Waals surface area contributed by atoms with E-state index in [4.69, 9.17) is 9.72 Å². The Morgan fingerprint density at radius 3 is 2.76 bits per heavy atom. The highest BCUT2D eigenvalue weighted by Crippen LogP contribution is 2.34. The smallest absolute Gasteiger partial charge is 0.227 e. The van der Waals surface area contributed by atoms with Crippen LogP contribution in [0.4, 0.5) is 11.8 Å². The minimum absolute atomic E-state index is 0.670. The molecule has 2 unspecified atom stereocenters. The number of likely N-dealkylation sites (tertiary alicyclic amines) is 1. The Morgan fingerprint density at radius 2 is 1.96 bits per heavy atom. The van der Waals surface area contributed by atoms with Crippen LogP contribution in [0.5, 0.6) is 0 Å². The number of fused-ring (bicyclic) bond motifs is 1. The first kappa shape index (κ1) is 17.0. The Labute approximate surface area is 151 Å². The van der Waals surface area contributed by atoms with E-state index in [9.17, 15) is 0 Å². The van der Waals surface area contributed by atoms with Gasteiger partial charge in [0.1, 0.15) is 5.82 Å². The van der Waals surface area contributed by atoms with Gasteiger partial charge in [0.25, 0.3) is 0 Å². The van der Waals surface area contributed by atoms with Crippen molar-refractivity contribution in [3.05, 3.63) is 12.3 Å². The van der Waals surface area contributed by atoms with Gasteiger partial charge in [0.15, 0.2) is 0 Å². The van der Waals surface area contributed by atoms with Gasteiger partial charge < -0.3 is 14.5 Å². The van der Waals surface area contributed by atoms with E-state index in [0.717, 1.165) is 49.9 Å². The van der Waals surface area contributed by atoms with Gasteiger partial charge in [0.05, 0.1) is 0 Å². The van der Waals surface area contributed by atoms with Gasteiger partial charge in [-0.1, -0.05) is 0 Å². The molecule has 0 N–H and O–H groups in total. The molecule has 0 saturated carbocycles. The van der Waals surface area contributed by atoms with E-state index in [1.807, 2.05) is 31.3 Å². The van der Waals surface area contributed by atoms with Gasteiger partial charge in [0.2, 0.25) is 5.95 Å². The minimum Gasteiger partial charge on any atom is -0.381 e. The second kappa shape index (κ2) is 7.46. The molecule has 1 aromatic heterocycles. The summed E-state index contributed by atoms with van der Waals surface area (Å²) >= 11 is 0. The highest BCUT2D eigenvalue weighted by molar-refractivity contribution is 5.43. The molecule has 3 aliphatic rings. The zero-order valence-corrected chi connectivity index (χ0v) is 15.6. The Balaban J connectivity index is 1.43. The average Bonchev–Trinajstić information content (AvgIpc) is 3.05. The second-order valence-electron chi connectivity index (χ2n) is 8.01. The number of aromatic nitrogens is 2. The Morgan fingerprint density at radius 1 is 1.16 bits per heavy atom. The van der Waals surface area contributed by atoms with Gasteiger partial charge in [-0.25, -0.2) is 4.98 Å². The predicted molar refractivity (Wildman–Crippen MR) is 100 cm³/mol. The maximum absolute atomic E-state index is 5.53. The first-order chi connectivity index (χ1) is 12.2. The van der Waals surface area contributed by atoms with E-state index in [2.05, 4.69) is 14.8 Å². The number of hydrogen-bond acceptors (Lipinski definition) is 6. The minimum atomic E-state index is 0.670. The van der Waals surface area contributed by atoms with Crippen LogP contribution in [0, 0.1) is 11.8 Å². The molecule has 6 heteroatoms. The zero-order valence-electron chi connectivity index (χ0n) is 15.6. The van der Waals surface area contributed by atoms with E-state index in [1.54, 1.807) is 0 Å². The van der Waals surface area contributed by atoms with Crippen LogP contribution in [0.2, 0.25) is 0 Å². The molecule has 3 aliphatic heterocycles. The topological polar surface area (TPSA) is 44.7 Å². The molecule has 25 heavy (non-hydrogen) atoms. The third-order valence-corrected chi connectivity index (χ3v) is 6.18. The third-order valence-electron chi connectivity index (χ3n) is 6.18. The number of hydrogen-bond donors (Lipinski definition) is 0. The fourth-order valence-electron chi connectivity index (χ4n) is 4.64. The lowest BCUT2D eigenvalue weighted by Crippen LogP contribution is -2.50. The molecule has 1 aromatic rings. The number of ether oxygens (including phenoxy) is 1. The van der Waals surface area contributed by atoms with Gasteiger partial charge in [-0.3, -0.25) is 4.90 Å². The fourth-order valence-corrected chi connectivity index (χ4v) is 4.64. The van der Waals surface area contributed by atoms with E-state index in [0.29, 0.717) is 6.04 Å². The summed E-state index contributed by atoms with van der Waals surface area (Å²) in [5, 5.41) is 0. The van der Waals surface area contributed by atoms with Crippen molar-refractivity contribution in [2.24, 2.45) is 11.8 Å². The third kappa shape index (κ3) is 3.75. The molecule has 0 amide bonds. The van der Waals surface area contributed by atoms with Crippen LogP contribution in [0.1, 0.15) is 25.7 Å². The van der Waals surface area contributed by atoms with Crippen molar-refractivity contribution in [2.45, 2.75) is 31.7 Å². The zero-order chi connectivity index (χ0) is 17.2. The van der Waals surface area contributed by atoms with Crippen LogP contribution < -0.4 is 9.80 Å². The quantitative estimate of drug-likeness (QED) is 0.830. The van der Waals surface area contributed by atoms with Gasteiger partial charge in [0, 0.05) is 59.2 Å². The highest BCUT2D eigenvalue weighted by Gasteiger charge is 2.39. The summed E-state index contributed by atoms with van der Waals surface area (Å²) in [6, 6.07) is 2.65. The van der Waals surface area contributed by atoms with Crippen LogP contribution >= 0.6 is 0 Å². The fraction of sp³-hybridized carbons (Fsp3) is 0.789. The molecule has 3 saturated heterocycles. The first-order valence-corrected chi connectivity index (χ1v) is 9.78. The van der Waals surface area contributed by atoms with E-state index in [1.165, 1.54) is 38.8 Å². The molecule has 0 aromatic carbocycles. The Hall–Kier alpha value is -1.40. The summed E-state index contributed by atoms with van der Waals surface area (Å²) in [7, 11) is 4.07. The van der Waals surface area contributed by atoms with Crippen molar-refractivity contribution in [1.29, 1.82) is 0 Å². The average molecular weight is 345 g/mol. The summed E-state index contributed by atoms with van der Waals surface area (Å²) in [4.78, 5) is 16.5. The molecule has 0 radical (unpaired) electrons. The van der Waals surface area contributed by atoms with Crippen LogP contribution in [-0.2, 0) is 4.74 Å². The maximum atomic E-state index is 5.53. The number of rotatable bonds is 4. The molecule has 138 valence electrons. The summed E-state index contributed by atoms with van der Waals surface area (Å²) in [6.07, 6.45) is 6.97. The lowest BCUT2D eigenvalue weighted by Gasteiger charge is -2.40. The van der Waals surface area contributed by atoms with E-state index in [-0.39, 0.29) is 0 Å². The highest BCUT2D eigenvalue weighted by atomic mass is 16.5. The number of piperidine rings is 1. The lowest BCUT2D eigenvalue weighted by atomic mass is 9.91. The summed E-state index contributed by atoms with van der Waals surface area (Å²) in [6.45, 7) is 6.57. The molecule has 6 nitrogen and oxygen atoms in total. The van der Waals surface area contributed by atoms with E-state index >= 15 is 0 Å². The largest absolute Gasteiger partial charge is 0.381 e. The maximum Gasteiger partial charge on any atom is 0.227 e. The standard InChI is InChI=1S/C19H31N5O/c1-22(2)18-3-8-20-19(21-18)24-10-5-16-4-9-23(17(16)14-24)13-15-6-11-25-12-7-15/h3,8,15-17H,4-7,9-14H2,1-2H3. The number of anilines is 2. The molecule has 3 fully saturated rings. The van der Waals surface area contributed by atoms with E-state index < -0.39 is 0 Å². The van der Waals surface area contributed by atoms with Crippen molar-refractivity contribution >= 4 is 11.8 Å². The van der Waals surface area contributed by atoms with Crippen molar-refractivity contribution < 1.29 is 4.74 Å². The van der Waals surface area contributed by atoms with Gasteiger partial charge in [-0.2, -0.15) is 4.98 Å². The van der Waals surface area contributed by atoms with Crippen LogP contribution in [0.25, 0.3) is 0 Å². The number of nitrogens with zero attached hydrogens (tertiary/aromatic N) is 5. The molecular formula is C19H31N5O. The molecule has 2 atom stereocenters. The summed E-state index contributed by atoms with van der Waals surface area (Å²) < 4.78 is 5.53. The van der Waals surface area contributed by atoms with Gasteiger partial charge in [-0.15, -0.1) is 0 Å². The normalized spacial score (nSPS) is 28.2. The van der Waals surface area contributed by atoms with Crippen LogP contribution in [0.15, 0.2) is 12.3 Å². The van der Waals surface area contributed by atoms with Crippen molar-refractivity contribution in [2.75, 3.05) is 63.3 Å². The second-order valence-corrected chi connectivity index (χ2v) is 8.01. The predicted octanol–water partition coefficient (Wildman–Crippen LogP) is 1.87. The Kier molecular flexibility index (Phi) is 5.08. The molecule has 4 heterocycles. The lowest BCUT2D eigenvalue weighted by molar-refractivity contribution is 0.0486. The van der Waals surface area contributed by atoms with Gasteiger partial charge in [-0.05, 0) is 50.1 Å². The molecule has 4 rings (SSSR count).